The molecule has 2 unspecified atom stereocenters. The number of hydrogen-bond acceptors (Lipinski definition) is 8. The summed E-state index contributed by atoms with van der Waals surface area (Å²) in [5, 5.41) is 0. The van der Waals surface area contributed by atoms with Crippen LogP contribution in [0.4, 0.5) is 0 Å². The largest absolute Gasteiger partial charge is 0.379 e. The number of unbranched alkanes of at least 4 members (excludes halogenated alkanes) is 4. The molecule has 8 nitrogen and oxygen atoms in total. The third-order valence-corrected chi connectivity index (χ3v) is 6.50. The molecule has 0 N–H and O–H groups in total. The molecule has 0 spiro atoms. The van der Waals surface area contributed by atoms with Gasteiger partial charge in [-0.05, 0) is 83.5 Å². The molecule has 0 aromatic rings. The molecule has 9 heteroatoms. The van der Waals surface area contributed by atoms with Gasteiger partial charge >= 0.3 is 0 Å². The van der Waals surface area contributed by atoms with Gasteiger partial charge in [0.05, 0.1) is 33.0 Å². The maximum absolute atomic E-state index is 5.67. The summed E-state index contributed by atoms with van der Waals surface area (Å²) in [6, 6.07) is 0. The van der Waals surface area contributed by atoms with E-state index in [2.05, 4.69) is 29.5 Å². The maximum atomic E-state index is 5.67. The summed E-state index contributed by atoms with van der Waals surface area (Å²) in [7, 11) is 0. The molecule has 0 aromatic heterocycles. The molecule has 228 valence electrons. The molecule has 38 heavy (non-hydrogen) atoms. The van der Waals surface area contributed by atoms with Crippen LogP contribution in [0.3, 0.4) is 0 Å². The minimum atomic E-state index is 0.0556. The van der Waals surface area contributed by atoms with Crippen molar-refractivity contribution in [2.24, 2.45) is 0 Å². The first kappa shape index (κ1) is 36.4. The van der Waals surface area contributed by atoms with E-state index in [4.69, 9.17) is 37.9 Å². The molecule has 2 atom stereocenters. The predicted octanol–water partition coefficient (Wildman–Crippen LogP) is 6.31. The summed E-state index contributed by atoms with van der Waals surface area (Å²) in [5.74, 6) is 0. The molecule has 0 amide bonds. The highest BCUT2D eigenvalue weighted by molar-refractivity contribution is 14.1. The van der Waals surface area contributed by atoms with Crippen molar-refractivity contribution in [2.45, 2.75) is 103 Å². The van der Waals surface area contributed by atoms with E-state index in [9.17, 15) is 0 Å². The second-order valence-electron chi connectivity index (χ2n) is 9.59. The molecule has 2 saturated heterocycles. The molecule has 0 radical (unpaired) electrons. The molecule has 2 rings (SSSR count). The van der Waals surface area contributed by atoms with Gasteiger partial charge in [-0.3, -0.25) is 0 Å². The third kappa shape index (κ3) is 25.4. The molecular weight excluding hydrogens is 603 g/mol. The van der Waals surface area contributed by atoms with Gasteiger partial charge in [-0.2, -0.15) is 0 Å². The number of hydrogen-bond donors (Lipinski definition) is 0. The van der Waals surface area contributed by atoms with E-state index in [0.717, 1.165) is 122 Å². The molecular formula is C29H57IO8. The summed E-state index contributed by atoms with van der Waals surface area (Å²) < 4.78 is 45.0. The normalized spacial score (nSPS) is 19.7. The van der Waals surface area contributed by atoms with Crippen molar-refractivity contribution in [3.05, 3.63) is 0 Å². The lowest BCUT2D eigenvalue weighted by Gasteiger charge is -2.22. The van der Waals surface area contributed by atoms with Crippen LogP contribution in [0.1, 0.15) is 90.4 Å². The SMILES string of the molecule is CCCOCCOCCCCCOC1CCCCO1.ICCOCCOCCCCCOC1CCCCO1. The lowest BCUT2D eigenvalue weighted by atomic mass is 10.2. The van der Waals surface area contributed by atoms with Crippen molar-refractivity contribution >= 4 is 22.6 Å². The van der Waals surface area contributed by atoms with Gasteiger partial charge in [0.1, 0.15) is 0 Å². The topological polar surface area (TPSA) is 73.8 Å². The quantitative estimate of drug-likeness (QED) is 0.0678. The Morgan fingerprint density at radius 2 is 0.974 bits per heavy atom. The first-order valence-electron chi connectivity index (χ1n) is 15.2. The van der Waals surface area contributed by atoms with Gasteiger partial charge in [0, 0.05) is 50.7 Å². The Morgan fingerprint density at radius 3 is 1.39 bits per heavy atom. The highest BCUT2D eigenvalue weighted by atomic mass is 127. The van der Waals surface area contributed by atoms with Crippen molar-refractivity contribution in [2.75, 3.05) is 83.7 Å². The van der Waals surface area contributed by atoms with Gasteiger partial charge in [-0.15, -0.1) is 0 Å². The Morgan fingerprint density at radius 1 is 0.526 bits per heavy atom. The Hall–Kier alpha value is 0.410. The van der Waals surface area contributed by atoms with E-state index < -0.39 is 0 Å². The van der Waals surface area contributed by atoms with Crippen LogP contribution in [0.5, 0.6) is 0 Å². The van der Waals surface area contributed by atoms with Crippen LogP contribution in [0.25, 0.3) is 0 Å². The van der Waals surface area contributed by atoms with Crippen molar-refractivity contribution in [1.82, 2.24) is 0 Å². The molecule has 2 aliphatic rings. The minimum absolute atomic E-state index is 0.0556. The first-order chi connectivity index (χ1) is 18.9. The Balaban J connectivity index is 0.000000380. The van der Waals surface area contributed by atoms with Crippen LogP contribution in [-0.4, -0.2) is 96.3 Å². The fourth-order valence-electron chi connectivity index (χ4n) is 3.92. The van der Waals surface area contributed by atoms with Crippen molar-refractivity contribution in [1.29, 1.82) is 0 Å². The van der Waals surface area contributed by atoms with Crippen molar-refractivity contribution < 1.29 is 37.9 Å². The van der Waals surface area contributed by atoms with Crippen molar-refractivity contribution in [3.8, 4) is 0 Å². The van der Waals surface area contributed by atoms with E-state index in [0.29, 0.717) is 19.8 Å². The molecule has 0 aromatic carbocycles. The maximum Gasteiger partial charge on any atom is 0.157 e. The Labute approximate surface area is 246 Å². The second-order valence-corrected chi connectivity index (χ2v) is 10.7. The third-order valence-electron chi connectivity index (χ3n) is 6.06. The number of rotatable bonds is 24. The highest BCUT2D eigenvalue weighted by Crippen LogP contribution is 2.15. The van der Waals surface area contributed by atoms with Gasteiger partial charge in [-0.25, -0.2) is 0 Å². The summed E-state index contributed by atoms with van der Waals surface area (Å²) in [6.07, 6.45) is 14.8. The summed E-state index contributed by atoms with van der Waals surface area (Å²) in [4.78, 5) is 0. The Bertz CT molecular complexity index is 408. The molecule has 0 aliphatic carbocycles. The van der Waals surface area contributed by atoms with Crippen LogP contribution in [0, 0.1) is 0 Å². The van der Waals surface area contributed by atoms with E-state index in [1.165, 1.54) is 25.7 Å². The number of ether oxygens (including phenoxy) is 8. The van der Waals surface area contributed by atoms with Crippen LogP contribution in [-0.2, 0) is 37.9 Å². The zero-order valence-electron chi connectivity index (χ0n) is 24.2. The first-order valence-corrected chi connectivity index (χ1v) is 16.7. The van der Waals surface area contributed by atoms with Gasteiger partial charge in [0.2, 0.25) is 0 Å². The lowest BCUT2D eigenvalue weighted by Crippen LogP contribution is -2.22. The average Bonchev–Trinajstić information content (AvgIpc) is 2.96. The lowest BCUT2D eigenvalue weighted by molar-refractivity contribution is -0.163. The van der Waals surface area contributed by atoms with Crippen LogP contribution in [0.15, 0.2) is 0 Å². The standard InChI is InChI=1S/C15H30O4.C14H27IO4/c1-2-9-16-13-14-17-10-5-3-6-11-18-15-8-4-7-12-19-15;15-7-11-17-13-12-16-8-3-1-4-9-18-14-6-2-5-10-19-14/h15H,2-14H2,1H3;14H,1-13H2. The van der Waals surface area contributed by atoms with Gasteiger partial charge < -0.3 is 37.9 Å². The fraction of sp³-hybridized carbons (Fsp3) is 1.00. The van der Waals surface area contributed by atoms with E-state index in [-0.39, 0.29) is 12.6 Å². The van der Waals surface area contributed by atoms with Gasteiger partial charge in [0.25, 0.3) is 0 Å². The zero-order valence-corrected chi connectivity index (χ0v) is 26.3. The average molecular weight is 661 g/mol. The van der Waals surface area contributed by atoms with Crippen LogP contribution >= 0.6 is 22.6 Å². The van der Waals surface area contributed by atoms with E-state index in [1.807, 2.05) is 0 Å². The van der Waals surface area contributed by atoms with E-state index in [1.54, 1.807) is 0 Å². The molecule has 2 aliphatic heterocycles. The summed E-state index contributed by atoms with van der Waals surface area (Å²) in [6.45, 7) is 11.6. The van der Waals surface area contributed by atoms with E-state index >= 15 is 0 Å². The highest BCUT2D eigenvalue weighted by Gasteiger charge is 2.14. The van der Waals surface area contributed by atoms with Gasteiger partial charge in [-0.1, -0.05) is 29.5 Å². The molecule has 0 saturated carbocycles. The monoisotopic (exact) mass is 660 g/mol. The zero-order chi connectivity index (χ0) is 27.2. The predicted molar refractivity (Wildman–Crippen MR) is 159 cm³/mol. The fourth-order valence-corrected chi connectivity index (χ4v) is 4.23. The molecule has 0 bridgehead atoms. The number of alkyl halides is 1. The smallest absolute Gasteiger partial charge is 0.157 e. The van der Waals surface area contributed by atoms with Crippen LogP contribution < -0.4 is 0 Å². The van der Waals surface area contributed by atoms with Crippen LogP contribution in [0.2, 0.25) is 0 Å². The molecule has 2 heterocycles. The summed E-state index contributed by atoms with van der Waals surface area (Å²) >= 11 is 2.30. The minimum Gasteiger partial charge on any atom is -0.379 e. The molecule has 2 fully saturated rings. The summed E-state index contributed by atoms with van der Waals surface area (Å²) in [5.41, 5.74) is 0. The second kappa shape index (κ2) is 30.4. The Kier molecular flexibility index (Phi) is 29.1. The van der Waals surface area contributed by atoms with Gasteiger partial charge in [0.15, 0.2) is 12.6 Å². The van der Waals surface area contributed by atoms with Crippen molar-refractivity contribution in [3.63, 3.8) is 0 Å². The number of halogens is 1.